The summed E-state index contributed by atoms with van der Waals surface area (Å²) in [4.78, 5) is 28.5. The van der Waals surface area contributed by atoms with Crippen LogP contribution in [0.3, 0.4) is 0 Å². The van der Waals surface area contributed by atoms with E-state index in [0.29, 0.717) is 30.4 Å². The molecule has 0 saturated carbocycles. The lowest BCUT2D eigenvalue weighted by Gasteiger charge is -2.08. The molecule has 7 heteroatoms. The summed E-state index contributed by atoms with van der Waals surface area (Å²) >= 11 is 0. The molecule has 0 spiro atoms. The van der Waals surface area contributed by atoms with Gasteiger partial charge in [0.25, 0.3) is 5.91 Å². The fourth-order valence-corrected chi connectivity index (χ4v) is 2.65. The van der Waals surface area contributed by atoms with E-state index in [2.05, 4.69) is 10.3 Å². The van der Waals surface area contributed by atoms with Crippen molar-refractivity contribution in [1.29, 1.82) is 0 Å². The molecule has 2 aromatic carbocycles. The summed E-state index contributed by atoms with van der Waals surface area (Å²) < 4.78 is 15.8. The van der Waals surface area contributed by atoms with Crippen LogP contribution in [0.5, 0.6) is 0 Å². The Hall–Kier alpha value is -3.45. The minimum atomic E-state index is -0.627. The van der Waals surface area contributed by atoms with Gasteiger partial charge in [-0.2, -0.15) is 0 Å². The van der Waals surface area contributed by atoms with Crippen molar-refractivity contribution < 1.29 is 23.5 Å². The zero-order valence-electron chi connectivity index (χ0n) is 16.3. The van der Waals surface area contributed by atoms with Gasteiger partial charge in [0, 0.05) is 19.2 Å². The van der Waals surface area contributed by atoms with E-state index >= 15 is 0 Å². The Balaban J connectivity index is 1.73. The Labute approximate surface area is 168 Å². The Kier molecular flexibility index (Phi) is 6.76. The van der Waals surface area contributed by atoms with Gasteiger partial charge in [-0.3, -0.25) is 4.79 Å². The van der Waals surface area contributed by atoms with Crippen molar-refractivity contribution in [2.45, 2.75) is 6.92 Å². The van der Waals surface area contributed by atoms with E-state index in [4.69, 9.17) is 13.9 Å². The summed E-state index contributed by atoms with van der Waals surface area (Å²) in [5.74, 6) is -0.124. The second kappa shape index (κ2) is 9.66. The standard InChI is InChI=1S/C22H22N2O5/c1-15-7-9-16(10-8-15)19-13-24-21(29-19)17-5-3-4-6-18(17)22(26)28-14-20(25)23-11-12-27-2/h3-10,13H,11-12,14H2,1-2H3,(H,23,25). The number of carbonyl (C=O) groups excluding carboxylic acids is 2. The summed E-state index contributed by atoms with van der Waals surface area (Å²) in [7, 11) is 1.54. The number of aromatic nitrogens is 1. The second-order valence-corrected chi connectivity index (χ2v) is 6.36. The lowest BCUT2D eigenvalue weighted by Crippen LogP contribution is -2.31. The Bertz CT molecular complexity index is 979. The van der Waals surface area contributed by atoms with Crippen LogP contribution in [0.25, 0.3) is 22.8 Å². The minimum Gasteiger partial charge on any atom is -0.452 e. The third-order valence-electron chi connectivity index (χ3n) is 4.18. The molecule has 1 N–H and O–H groups in total. The maximum Gasteiger partial charge on any atom is 0.339 e. The number of hydrogen-bond donors (Lipinski definition) is 1. The van der Waals surface area contributed by atoms with E-state index in [1.807, 2.05) is 31.2 Å². The highest BCUT2D eigenvalue weighted by molar-refractivity contribution is 5.97. The molecule has 1 aromatic heterocycles. The molecular formula is C22H22N2O5. The van der Waals surface area contributed by atoms with Crippen molar-refractivity contribution in [2.75, 3.05) is 26.9 Å². The number of ether oxygens (including phenoxy) is 2. The third kappa shape index (κ3) is 5.30. The van der Waals surface area contributed by atoms with Crippen LogP contribution in [0, 0.1) is 6.92 Å². The molecule has 150 valence electrons. The number of amides is 1. The molecular weight excluding hydrogens is 372 g/mol. The number of benzene rings is 2. The molecule has 0 saturated heterocycles. The summed E-state index contributed by atoms with van der Waals surface area (Å²) in [6.45, 7) is 2.37. The zero-order valence-corrected chi connectivity index (χ0v) is 16.3. The number of nitrogens with zero attached hydrogens (tertiary/aromatic N) is 1. The van der Waals surface area contributed by atoms with Crippen LogP contribution >= 0.6 is 0 Å². The number of carbonyl (C=O) groups is 2. The maximum absolute atomic E-state index is 12.5. The minimum absolute atomic E-state index is 0.273. The summed E-state index contributed by atoms with van der Waals surface area (Å²) in [5, 5.41) is 2.59. The van der Waals surface area contributed by atoms with Gasteiger partial charge in [-0.05, 0) is 19.1 Å². The summed E-state index contributed by atoms with van der Waals surface area (Å²) in [6, 6.07) is 14.7. The lowest BCUT2D eigenvalue weighted by atomic mass is 10.1. The predicted octanol–water partition coefficient (Wildman–Crippen LogP) is 3.24. The quantitative estimate of drug-likeness (QED) is 0.466. The van der Waals surface area contributed by atoms with Gasteiger partial charge in [0.2, 0.25) is 5.89 Å². The van der Waals surface area contributed by atoms with Crippen LogP contribution in [-0.4, -0.2) is 43.7 Å². The fourth-order valence-electron chi connectivity index (χ4n) is 2.65. The number of aryl methyl sites for hydroxylation is 1. The molecule has 0 fully saturated rings. The van der Waals surface area contributed by atoms with E-state index in [1.54, 1.807) is 30.5 Å². The van der Waals surface area contributed by atoms with Gasteiger partial charge in [-0.25, -0.2) is 9.78 Å². The summed E-state index contributed by atoms with van der Waals surface area (Å²) in [6.07, 6.45) is 1.62. The van der Waals surface area contributed by atoms with Crippen molar-refractivity contribution in [1.82, 2.24) is 10.3 Å². The van der Waals surface area contributed by atoms with Crippen LogP contribution < -0.4 is 5.32 Å². The predicted molar refractivity (Wildman–Crippen MR) is 107 cm³/mol. The first-order chi connectivity index (χ1) is 14.1. The second-order valence-electron chi connectivity index (χ2n) is 6.36. The van der Waals surface area contributed by atoms with Crippen LogP contribution in [0.4, 0.5) is 0 Å². The average Bonchev–Trinajstić information content (AvgIpc) is 3.23. The lowest BCUT2D eigenvalue weighted by molar-refractivity contribution is -0.124. The van der Waals surface area contributed by atoms with E-state index in [1.165, 1.54) is 7.11 Å². The number of esters is 1. The molecule has 1 amide bonds. The smallest absolute Gasteiger partial charge is 0.339 e. The molecule has 0 aliphatic heterocycles. The molecule has 29 heavy (non-hydrogen) atoms. The molecule has 0 atom stereocenters. The van der Waals surface area contributed by atoms with Crippen molar-refractivity contribution >= 4 is 11.9 Å². The molecule has 1 heterocycles. The maximum atomic E-state index is 12.5. The first kappa shape index (κ1) is 20.3. The Morgan fingerprint density at radius 2 is 1.86 bits per heavy atom. The number of methoxy groups -OCH3 is 1. The van der Waals surface area contributed by atoms with Crippen molar-refractivity contribution in [3.63, 3.8) is 0 Å². The molecule has 3 rings (SSSR count). The fraction of sp³-hybridized carbons (Fsp3) is 0.227. The van der Waals surface area contributed by atoms with Crippen molar-refractivity contribution in [3.05, 3.63) is 65.9 Å². The van der Waals surface area contributed by atoms with Gasteiger partial charge in [0.05, 0.1) is 23.9 Å². The van der Waals surface area contributed by atoms with Crippen molar-refractivity contribution in [2.24, 2.45) is 0 Å². The molecule has 0 radical (unpaired) electrons. The van der Waals surface area contributed by atoms with E-state index in [0.717, 1.165) is 11.1 Å². The number of nitrogens with one attached hydrogen (secondary N) is 1. The topological polar surface area (TPSA) is 90.7 Å². The number of oxazole rings is 1. The van der Waals surface area contributed by atoms with Gasteiger partial charge in [-0.15, -0.1) is 0 Å². The molecule has 0 unspecified atom stereocenters. The van der Waals surface area contributed by atoms with Gasteiger partial charge in [0.1, 0.15) is 0 Å². The third-order valence-corrected chi connectivity index (χ3v) is 4.18. The largest absolute Gasteiger partial charge is 0.452 e. The Morgan fingerprint density at radius 3 is 2.62 bits per heavy atom. The van der Waals surface area contributed by atoms with Gasteiger partial charge < -0.3 is 19.2 Å². The average molecular weight is 394 g/mol. The summed E-state index contributed by atoms with van der Waals surface area (Å²) in [5.41, 5.74) is 2.81. The SMILES string of the molecule is COCCNC(=O)COC(=O)c1ccccc1-c1ncc(-c2ccc(C)cc2)o1. The highest BCUT2D eigenvalue weighted by atomic mass is 16.5. The van der Waals surface area contributed by atoms with Crippen molar-refractivity contribution in [3.8, 4) is 22.8 Å². The normalized spacial score (nSPS) is 10.6. The first-order valence-electron chi connectivity index (χ1n) is 9.13. The van der Waals surface area contributed by atoms with E-state index in [-0.39, 0.29) is 12.2 Å². The van der Waals surface area contributed by atoms with Gasteiger partial charge in [0.15, 0.2) is 12.4 Å². The van der Waals surface area contributed by atoms with Crippen LogP contribution in [0.2, 0.25) is 0 Å². The highest BCUT2D eigenvalue weighted by Gasteiger charge is 2.19. The molecule has 0 bridgehead atoms. The number of rotatable bonds is 8. The monoisotopic (exact) mass is 394 g/mol. The van der Waals surface area contributed by atoms with Crippen LogP contribution in [0.15, 0.2) is 59.1 Å². The molecule has 3 aromatic rings. The highest BCUT2D eigenvalue weighted by Crippen LogP contribution is 2.28. The van der Waals surface area contributed by atoms with E-state index < -0.39 is 11.9 Å². The first-order valence-corrected chi connectivity index (χ1v) is 9.13. The zero-order chi connectivity index (χ0) is 20.6. The van der Waals surface area contributed by atoms with Crippen LogP contribution in [-0.2, 0) is 14.3 Å². The molecule has 7 nitrogen and oxygen atoms in total. The molecule has 0 aliphatic rings. The van der Waals surface area contributed by atoms with Gasteiger partial charge in [-0.1, -0.05) is 42.0 Å². The number of hydrogen-bond acceptors (Lipinski definition) is 6. The van der Waals surface area contributed by atoms with E-state index in [9.17, 15) is 9.59 Å². The van der Waals surface area contributed by atoms with Gasteiger partial charge >= 0.3 is 5.97 Å². The molecule has 0 aliphatic carbocycles. The Morgan fingerprint density at radius 1 is 1.10 bits per heavy atom. The van der Waals surface area contributed by atoms with Crippen LogP contribution in [0.1, 0.15) is 15.9 Å².